The number of carbonyl (C=O) groups excluding carboxylic acids is 1. The highest BCUT2D eigenvalue weighted by molar-refractivity contribution is 5.94. The molecule has 0 aromatic heterocycles. The summed E-state index contributed by atoms with van der Waals surface area (Å²) in [6.07, 6.45) is 0. The molecular formula is C16H11F2NO2. The van der Waals surface area contributed by atoms with Crippen molar-refractivity contribution in [2.75, 3.05) is 0 Å². The molecule has 0 atom stereocenters. The number of hydrogen-bond acceptors (Lipinski definition) is 3. The maximum absolute atomic E-state index is 13.6. The standard InChI is InChI=1S/C16H11F2NO2/c1-10(20)14-4-3-13(7-16(14)18)21-9-11-2-5-15(17)12(6-11)8-19/h2-7H,9H2,1H3. The van der Waals surface area contributed by atoms with Crippen LogP contribution in [0, 0.1) is 23.0 Å². The van der Waals surface area contributed by atoms with E-state index < -0.39 is 11.6 Å². The van der Waals surface area contributed by atoms with E-state index in [4.69, 9.17) is 10.00 Å². The summed E-state index contributed by atoms with van der Waals surface area (Å²) in [6.45, 7) is 1.34. The number of halogens is 2. The van der Waals surface area contributed by atoms with E-state index in [0.29, 0.717) is 5.56 Å². The highest BCUT2D eigenvalue weighted by Crippen LogP contribution is 2.19. The van der Waals surface area contributed by atoms with Crippen LogP contribution in [-0.4, -0.2) is 5.78 Å². The second kappa shape index (κ2) is 6.14. The van der Waals surface area contributed by atoms with Crippen LogP contribution in [0.2, 0.25) is 0 Å². The van der Waals surface area contributed by atoms with E-state index in [1.807, 2.05) is 0 Å². The first kappa shape index (κ1) is 14.7. The van der Waals surface area contributed by atoms with Gasteiger partial charge in [-0.2, -0.15) is 5.26 Å². The molecule has 2 aromatic rings. The summed E-state index contributed by atoms with van der Waals surface area (Å²) in [5.41, 5.74) is 0.508. The van der Waals surface area contributed by atoms with Crippen molar-refractivity contribution in [3.05, 3.63) is 64.7 Å². The Hall–Kier alpha value is -2.74. The lowest BCUT2D eigenvalue weighted by Crippen LogP contribution is -2.00. The van der Waals surface area contributed by atoms with E-state index in [-0.39, 0.29) is 29.3 Å². The molecule has 0 N–H and O–H groups in total. The van der Waals surface area contributed by atoms with E-state index in [0.717, 1.165) is 6.07 Å². The summed E-state index contributed by atoms with van der Waals surface area (Å²) in [5, 5.41) is 8.73. The summed E-state index contributed by atoms with van der Waals surface area (Å²) in [4.78, 5) is 11.1. The van der Waals surface area contributed by atoms with Crippen LogP contribution in [0.5, 0.6) is 5.75 Å². The molecule has 0 saturated carbocycles. The zero-order valence-corrected chi connectivity index (χ0v) is 11.2. The number of carbonyl (C=O) groups is 1. The number of hydrogen-bond donors (Lipinski definition) is 0. The molecular weight excluding hydrogens is 276 g/mol. The van der Waals surface area contributed by atoms with Crippen LogP contribution in [-0.2, 0) is 6.61 Å². The minimum Gasteiger partial charge on any atom is -0.489 e. The van der Waals surface area contributed by atoms with Crippen molar-refractivity contribution in [1.82, 2.24) is 0 Å². The Morgan fingerprint density at radius 2 is 1.95 bits per heavy atom. The van der Waals surface area contributed by atoms with Crippen molar-refractivity contribution in [3.8, 4) is 11.8 Å². The molecule has 0 amide bonds. The molecule has 3 nitrogen and oxygen atoms in total. The van der Waals surface area contributed by atoms with Gasteiger partial charge in [0.25, 0.3) is 0 Å². The summed E-state index contributed by atoms with van der Waals surface area (Å²) >= 11 is 0. The molecule has 0 aliphatic rings. The molecule has 0 aliphatic heterocycles. The molecule has 106 valence electrons. The molecule has 0 saturated heterocycles. The van der Waals surface area contributed by atoms with Gasteiger partial charge in [0.2, 0.25) is 0 Å². The van der Waals surface area contributed by atoms with Gasteiger partial charge in [0.15, 0.2) is 5.78 Å². The van der Waals surface area contributed by atoms with Crippen molar-refractivity contribution < 1.29 is 18.3 Å². The van der Waals surface area contributed by atoms with Crippen molar-refractivity contribution in [1.29, 1.82) is 5.26 Å². The third kappa shape index (κ3) is 3.42. The van der Waals surface area contributed by atoms with E-state index in [9.17, 15) is 13.6 Å². The summed E-state index contributed by atoms with van der Waals surface area (Å²) in [5.74, 6) is -1.37. The first-order valence-corrected chi connectivity index (χ1v) is 6.13. The first-order chi connectivity index (χ1) is 10.0. The summed E-state index contributed by atoms with van der Waals surface area (Å²) < 4.78 is 32.1. The van der Waals surface area contributed by atoms with Gasteiger partial charge in [-0.25, -0.2) is 8.78 Å². The first-order valence-electron chi connectivity index (χ1n) is 6.13. The van der Waals surface area contributed by atoms with Gasteiger partial charge in [0.05, 0.1) is 11.1 Å². The SMILES string of the molecule is CC(=O)c1ccc(OCc2ccc(F)c(C#N)c2)cc1F. The fourth-order valence-corrected chi connectivity index (χ4v) is 1.79. The molecule has 2 aromatic carbocycles. The van der Waals surface area contributed by atoms with Crippen LogP contribution >= 0.6 is 0 Å². The third-order valence-electron chi connectivity index (χ3n) is 2.88. The maximum Gasteiger partial charge on any atom is 0.162 e. The zero-order chi connectivity index (χ0) is 15.4. The Balaban J connectivity index is 2.12. The Kier molecular flexibility index (Phi) is 4.29. The molecule has 0 spiro atoms. The lowest BCUT2D eigenvalue weighted by molar-refractivity contribution is 0.101. The predicted molar refractivity (Wildman–Crippen MR) is 71.9 cm³/mol. The quantitative estimate of drug-likeness (QED) is 0.807. The Bertz CT molecular complexity index is 736. The molecule has 0 bridgehead atoms. The number of benzene rings is 2. The van der Waals surface area contributed by atoms with Crippen molar-refractivity contribution >= 4 is 5.78 Å². The van der Waals surface area contributed by atoms with Crippen LogP contribution < -0.4 is 4.74 Å². The number of rotatable bonds is 4. The minimum atomic E-state index is -0.656. The van der Waals surface area contributed by atoms with Crippen LogP contribution in [0.1, 0.15) is 28.4 Å². The van der Waals surface area contributed by atoms with Gasteiger partial charge in [-0.05, 0) is 36.8 Å². The predicted octanol–water partition coefficient (Wildman–Crippen LogP) is 3.62. The van der Waals surface area contributed by atoms with Gasteiger partial charge in [0, 0.05) is 6.07 Å². The highest BCUT2D eigenvalue weighted by atomic mass is 19.1. The smallest absolute Gasteiger partial charge is 0.162 e. The number of ether oxygens (including phenoxy) is 1. The Morgan fingerprint density at radius 1 is 1.19 bits per heavy atom. The Labute approximate surface area is 120 Å². The maximum atomic E-state index is 13.6. The molecule has 21 heavy (non-hydrogen) atoms. The minimum absolute atomic E-state index is 0.00380. The second-order valence-corrected chi connectivity index (χ2v) is 4.41. The van der Waals surface area contributed by atoms with Crippen molar-refractivity contribution in [2.45, 2.75) is 13.5 Å². The van der Waals surface area contributed by atoms with Gasteiger partial charge in [-0.1, -0.05) is 6.07 Å². The topological polar surface area (TPSA) is 50.1 Å². The van der Waals surface area contributed by atoms with Crippen LogP contribution in [0.15, 0.2) is 36.4 Å². The number of Topliss-reactive ketones (excluding diaryl/α,β-unsaturated/α-hetero) is 1. The van der Waals surface area contributed by atoms with Crippen molar-refractivity contribution in [2.24, 2.45) is 0 Å². The molecule has 0 fully saturated rings. The zero-order valence-electron chi connectivity index (χ0n) is 11.2. The van der Waals surface area contributed by atoms with E-state index >= 15 is 0 Å². The van der Waals surface area contributed by atoms with Gasteiger partial charge in [-0.3, -0.25) is 4.79 Å². The molecule has 0 unspecified atom stereocenters. The highest BCUT2D eigenvalue weighted by Gasteiger charge is 2.09. The molecule has 2 rings (SSSR count). The van der Waals surface area contributed by atoms with E-state index in [1.54, 1.807) is 6.07 Å². The van der Waals surface area contributed by atoms with Gasteiger partial charge in [-0.15, -0.1) is 0 Å². The lowest BCUT2D eigenvalue weighted by atomic mass is 10.1. The fraction of sp³-hybridized carbons (Fsp3) is 0.125. The van der Waals surface area contributed by atoms with Gasteiger partial charge >= 0.3 is 0 Å². The normalized spacial score (nSPS) is 10.0. The lowest BCUT2D eigenvalue weighted by Gasteiger charge is -2.08. The molecule has 5 heteroatoms. The molecule has 0 heterocycles. The second-order valence-electron chi connectivity index (χ2n) is 4.41. The summed E-state index contributed by atoms with van der Waals surface area (Å²) in [6, 6.07) is 9.71. The fourth-order valence-electron chi connectivity index (χ4n) is 1.79. The number of nitriles is 1. The molecule has 0 radical (unpaired) electrons. The van der Waals surface area contributed by atoms with Gasteiger partial charge in [0.1, 0.15) is 30.1 Å². The van der Waals surface area contributed by atoms with E-state index in [2.05, 4.69) is 0 Å². The molecule has 0 aliphatic carbocycles. The average Bonchev–Trinajstić information content (AvgIpc) is 2.46. The van der Waals surface area contributed by atoms with Crippen LogP contribution in [0.4, 0.5) is 8.78 Å². The summed E-state index contributed by atoms with van der Waals surface area (Å²) in [7, 11) is 0. The average molecular weight is 287 g/mol. The monoisotopic (exact) mass is 287 g/mol. The van der Waals surface area contributed by atoms with Crippen LogP contribution in [0.3, 0.4) is 0 Å². The Morgan fingerprint density at radius 3 is 2.57 bits per heavy atom. The van der Waals surface area contributed by atoms with Crippen molar-refractivity contribution in [3.63, 3.8) is 0 Å². The number of ketones is 1. The largest absolute Gasteiger partial charge is 0.489 e. The van der Waals surface area contributed by atoms with E-state index in [1.165, 1.54) is 37.3 Å². The number of nitrogens with zero attached hydrogens (tertiary/aromatic N) is 1. The van der Waals surface area contributed by atoms with Gasteiger partial charge < -0.3 is 4.74 Å². The van der Waals surface area contributed by atoms with Crippen LogP contribution in [0.25, 0.3) is 0 Å². The third-order valence-corrected chi connectivity index (χ3v) is 2.88.